The second kappa shape index (κ2) is 8.45. The maximum atomic E-state index is 12.6. The van der Waals surface area contributed by atoms with Crippen molar-refractivity contribution in [2.45, 2.75) is 13.8 Å². The first-order valence-corrected chi connectivity index (χ1v) is 9.89. The SMILES string of the molecule is C/C(=C/c1ccccc1)C(=O)Nc1ccc2nc(N3CCOCC3)cc(C)c2c1. The highest BCUT2D eigenvalue weighted by Crippen LogP contribution is 2.26. The molecular formula is C24H25N3O2. The molecule has 0 atom stereocenters. The fourth-order valence-electron chi connectivity index (χ4n) is 3.50. The van der Waals surface area contributed by atoms with Crippen LogP contribution in [-0.4, -0.2) is 37.2 Å². The number of hydrogen-bond donors (Lipinski definition) is 1. The molecule has 5 nitrogen and oxygen atoms in total. The molecule has 1 fully saturated rings. The number of carbonyl (C=O) groups is 1. The average molecular weight is 387 g/mol. The van der Waals surface area contributed by atoms with Gasteiger partial charge in [-0.15, -0.1) is 0 Å². The number of ether oxygens (including phenoxy) is 1. The Balaban J connectivity index is 1.55. The molecule has 0 unspecified atom stereocenters. The molecule has 0 saturated carbocycles. The molecule has 0 spiro atoms. The summed E-state index contributed by atoms with van der Waals surface area (Å²) in [6.45, 7) is 7.10. The minimum Gasteiger partial charge on any atom is -0.378 e. The van der Waals surface area contributed by atoms with Gasteiger partial charge in [0.25, 0.3) is 5.91 Å². The number of benzene rings is 2. The highest BCUT2D eigenvalue weighted by molar-refractivity contribution is 6.07. The smallest absolute Gasteiger partial charge is 0.251 e. The van der Waals surface area contributed by atoms with Crippen LogP contribution in [0.3, 0.4) is 0 Å². The number of nitrogens with one attached hydrogen (secondary N) is 1. The van der Waals surface area contributed by atoms with Crippen LogP contribution in [-0.2, 0) is 9.53 Å². The average Bonchev–Trinajstić information content (AvgIpc) is 2.75. The quantitative estimate of drug-likeness (QED) is 0.673. The third-order valence-corrected chi connectivity index (χ3v) is 5.14. The van der Waals surface area contributed by atoms with Gasteiger partial charge in [-0.1, -0.05) is 30.3 Å². The summed E-state index contributed by atoms with van der Waals surface area (Å²) in [5.41, 5.74) is 4.51. The van der Waals surface area contributed by atoms with Crippen molar-refractivity contribution in [3.63, 3.8) is 0 Å². The van der Waals surface area contributed by atoms with Crippen molar-refractivity contribution in [2.75, 3.05) is 36.5 Å². The van der Waals surface area contributed by atoms with E-state index in [-0.39, 0.29) is 5.91 Å². The molecule has 148 valence electrons. The van der Waals surface area contributed by atoms with E-state index in [4.69, 9.17) is 9.72 Å². The van der Waals surface area contributed by atoms with Crippen LogP contribution in [0.15, 0.2) is 60.2 Å². The van der Waals surface area contributed by atoms with E-state index in [9.17, 15) is 4.79 Å². The van der Waals surface area contributed by atoms with Gasteiger partial charge in [-0.25, -0.2) is 4.98 Å². The summed E-state index contributed by atoms with van der Waals surface area (Å²) in [6, 6.07) is 17.8. The standard InChI is InChI=1S/C24H25N3O2/c1-17-15-23(27-10-12-29-13-11-27)26-22-9-8-20(16-21(17)22)25-24(28)18(2)14-19-6-4-3-5-7-19/h3-9,14-16H,10-13H2,1-2H3,(H,25,28)/b18-14-. The van der Waals surface area contributed by atoms with Gasteiger partial charge in [-0.3, -0.25) is 4.79 Å². The summed E-state index contributed by atoms with van der Waals surface area (Å²) in [5.74, 6) is 0.875. The topological polar surface area (TPSA) is 54.5 Å². The van der Waals surface area contributed by atoms with Gasteiger partial charge in [0.05, 0.1) is 18.7 Å². The molecule has 0 aliphatic carbocycles. The Bertz CT molecular complexity index is 1050. The third-order valence-electron chi connectivity index (χ3n) is 5.14. The van der Waals surface area contributed by atoms with Crippen LogP contribution >= 0.6 is 0 Å². The Hall–Kier alpha value is -3.18. The zero-order valence-electron chi connectivity index (χ0n) is 16.8. The molecule has 1 aliphatic heterocycles. The first-order valence-electron chi connectivity index (χ1n) is 9.89. The van der Waals surface area contributed by atoms with Crippen molar-refractivity contribution < 1.29 is 9.53 Å². The van der Waals surface area contributed by atoms with Crippen LogP contribution in [0.2, 0.25) is 0 Å². The van der Waals surface area contributed by atoms with Gasteiger partial charge in [0.2, 0.25) is 0 Å². The molecule has 0 radical (unpaired) electrons. The van der Waals surface area contributed by atoms with E-state index >= 15 is 0 Å². The molecule has 29 heavy (non-hydrogen) atoms. The maximum Gasteiger partial charge on any atom is 0.251 e. The normalized spacial score (nSPS) is 14.8. The Morgan fingerprint density at radius 1 is 1.10 bits per heavy atom. The monoisotopic (exact) mass is 387 g/mol. The Morgan fingerprint density at radius 2 is 1.86 bits per heavy atom. The minimum atomic E-state index is -0.108. The number of rotatable bonds is 4. The summed E-state index contributed by atoms with van der Waals surface area (Å²) >= 11 is 0. The second-order valence-electron chi connectivity index (χ2n) is 7.32. The van der Waals surface area contributed by atoms with E-state index in [0.29, 0.717) is 5.57 Å². The lowest BCUT2D eigenvalue weighted by Gasteiger charge is -2.28. The lowest BCUT2D eigenvalue weighted by atomic mass is 10.1. The van der Waals surface area contributed by atoms with Crippen molar-refractivity contribution in [2.24, 2.45) is 0 Å². The van der Waals surface area contributed by atoms with E-state index in [1.165, 1.54) is 0 Å². The summed E-state index contributed by atoms with van der Waals surface area (Å²) in [5, 5.41) is 4.04. The molecule has 1 aromatic heterocycles. The van der Waals surface area contributed by atoms with Gasteiger partial charge in [0.15, 0.2) is 0 Å². The zero-order chi connectivity index (χ0) is 20.2. The highest BCUT2D eigenvalue weighted by Gasteiger charge is 2.14. The highest BCUT2D eigenvalue weighted by atomic mass is 16.5. The lowest BCUT2D eigenvalue weighted by molar-refractivity contribution is -0.112. The van der Waals surface area contributed by atoms with Crippen molar-refractivity contribution in [1.29, 1.82) is 0 Å². The predicted molar refractivity (Wildman–Crippen MR) is 118 cm³/mol. The van der Waals surface area contributed by atoms with Crippen molar-refractivity contribution in [3.8, 4) is 0 Å². The van der Waals surface area contributed by atoms with Crippen LogP contribution in [0.4, 0.5) is 11.5 Å². The van der Waals surface area contributed by atoms with E-state index < -0.39 is 0 Å². The van der Waals surface area contributed by atoms with Gasteiger partial charge in [0.1, 0.15) is 5.82 Å². The van der Waals surface area contributed by atoms with E-state index in [2.05, 4.69) is 23.2 Å². The van der Waals surface area contributed by atoms with Crippen molar-refractivity contribution >= 4 is 34.4 Å². The summed E-state index contributed by atoms with van der Waals surface area (Å²) in [6.07, 6.45) is 1.89. The molecule has 0 bridgehead atoms. The molecule has 5 heteroatoms. The minimum absolute atomic E-state index is 0.108. The zero-order valence-corrected chi connectivity index (χ0v) is 16.8. The van der Waals surface area contributed by atoms with Gasteiger partial charge < -0.3 is 15.0 Å². The van der Waals surface area contributed by atoms with Crippen LogP contribution < -0.4 is 10.2 Å². The molecule has 4 rings (SSSR count). The number of fused-ring (bicyclic) bond motifs is 1. The largest absolute Gasteiger partial charge is 0.378 e. The third kappa shape index (κ3) is 4.46. The van der Waals surface area contributed by atoms with Gasteiger partial charge in [-0.2, -0.15) is 0 Å². The van der Waals surface area contributed by atoms with E-state index in [1.54, 1.807) is 0 Å². The van der Waals surface area contributed by atoms with Crippen LogP contribution in [0.1, 0.15) is 18.1 Å². The summed E-state index contributed by atoms with van der Waals surface area (Å²) in [7, 11) is 0. The molecule has 1 N–H and O–H groups in total. The molecule has 3 aromatic rings. The Kier molecular flexibility index (Phi) is 5.58. The number of aromatic nitrogens is 1. The number of morpholine rings is 1. The number of nitrogens with zero attached hydrogens (tertiary/aromatic N) is 2. The Labute approximate surface area is 171 Å². The molecule has 2 aromatic carbocycles. The van der Waals surface area contributed by atoms with Crippen LogP contribution in [0, 0.1) is 6.92 Å². The lowest BCUT2D eigenvalue weighted by Crippen LogP contribution is -2.36. The van der Waals surface area contributed by atoms with Crippen LogP contribution in [0.5, 0.6) is 0 Å². The predicted octanol–water partition coefficient (Wildman–Crippen LogP) is 4.42. The number of carbonyl (C=O) groups excluding carboxylic acids is 1. The van der Waals surface area contributed by atoms with Crippen molar-refractivity contribution in [1.82, 2.24) is 4.98 Å². The fourth-order valence-corrected chi connectivity index (χ4v) is 3.50. The number of pyridine rings is 1. The second-order valence-corrected chi connectivity index (χ2v) is 7.32. The number of amides is 1. The number of hydrogen-bond acceptors (Lipinski definition) is 4. The molecule has 2 heterocycles. The number of aryl methyl sites for hydroxylation is 1. The molecule has 1 aliphatic rings. The van der Waals surface area contributed by atoms with E-state index in [0.717, 1.165) is 59.8 Å². The maximum absolute atomic E-state index is 12.6. The molecule has 1 saturated heterocycles. The summed E-state index contributed by atoms with van der Waals surface area (Å²) < 4.78 is 5.43. The van der Waals surface area contributed by atoms with Gasteiger partial charge in [0, 0.05) is 29.7 Å². The summed E-state index contributed by atoms with van der Waals surface area (Å²) in [4.78, 5) is 19.7. The molecule has 1 amide bonds. The Morgan fingerprint density at radius 3 is 2.62 bits per heavy atom. The van der Waals surface area contributed by atoms with Gasteiger partial charge >= 0.3 is 0 Å². The fraction of sp³-hybridized carbons (Fsp3) is 0.250. The molecular weight excluding hydrogens is 362 g/mol. The van der Waals surface area contributed by atoms with Crippen molar-refractivity contribution in [3.05, 3.63) is 71.3 Å². The first kappa shape index (κ1) is 19.2. The van der Waals surface area contributed by atoms with Crippen LogP contribution in [0.25, 0.3) is 17.0 Å². The number of anilines is 2. The van der Waals surface area contributed by atoms with Gasteiger partial charge in [-0.05, 0) is 55.3 Å². The first-order chi connectivity index (χ1) is 14.1. The van der Waals surface area contributed by atoms with E-state index in [1.807, 2.05) is 61.5 Å².